The van der Waals surface area contributed by atoms with E-state index in [1.54, 1.807) is 13.2 Å². The third-order valence-electron chi connectivity index (χ3n) is 3.22. The number of halogens is 1. The van der Waals surface area contributed by atoms with Crippen molar-refractivity contribution in [3.8, 4) is 23.8 Å². The Labute approximate surface area is 160 Å². The summed E-state index contributed by atoms with van der Waals surface area (Å²) >= 11 is 4.82. The van der Waals surface area contributed by atoms with Gasteiger partial charge in [-0.2, -0.15) is 0 Å². The van der Waals surface area contributed by atoms with Gasteiger partial charge in [0.05, 0.1) is 12.9 Å². The number of amides is 1. The minimum atomic E-state index is -0.0282. The van der Waals surface area contributed by atoms with E-state index in [4.69, 9.17) is 15.9 Å². The van der Waals surface area contributed by atoms with Gasteiger partial charge in [-0.1, -0.05) is 34.0 Å². The molecule has 0 aliphatic heterocycles. The van der Waals surface area contributed by atoms with Crippen LogP contribution in [-0.2, 0) is 11.3 Å². The molecule has 0 aliphatic carbocycles. The number of nitrogens with one attached hydrogen (secondary N) is 1. The van der Waals surface area contributed by atoms with Gasteiger partial charge in [0.2, 0.25) is 5.91 Å². The zero-order chi connectivity index (χ0) is 18.1. The highest BCUT2D eigenvalue weighted by molar-refractivity contribution is 9.10. The van der Waals surface area contributed by atoms with Crippen molar-refractivity contribution in [2.24, 2.45) is 0 Å². The molecule has 0 saturated heterocycles. The molecule has 0 radical (unpaired) electrons. The van der Waals surface area contributed by atoms with Crippen LogP contribution in [0.25, 0.3) is 0 Å². The van der Waals surface area contributed by atoms with Crippen LogP contribution in [0.1, 0.15) is 5.56 Å². The van der Waals surface area contributed by atoms with E-state index in [-0.39, 0.29) is 12.5 Å². The Balaban J connectivity index is 1.84. The fourth-order valence-corrected chi connectivity index (χ4v) is 3.00. The average Bonchev–Trinajstić information content (AvgIpc) is 2.64. The van der Waals surface area contributed by atoms with Gasteiger partial charge in [0.25, 0.3) is 0 Å². The first kappa shape index (κ1) is 19.2. The highest BCUT2D eigenvalue weighted by Gasteiger charge is 2.08. The van der Waals surface area contributed by atoms with Crippen LogP contribution in [0.5, 0.6) is 11.5 Å². The summed E-state index contributed by atoms with van der Waals surface area (Å²) < 4.78 is 11.7. The number of rotatable bonds is 8. The second-order valence-electron chi connectivity index (χ2n) is 5.00. The van der Waals surface area contributed by atoms with E-state index >= 15 is 0 Å². The van der Waals surface area contributed by atoms with Crippen molar-refractivity contribution in [1.29, 1.82) is 0 Å². The van der Waals surface area contributed by atoms with Crippen LogP contribution in [-0.4, -0.2) is 25.4 Å². The number of methoxy groups -OCH3 is 1. The summed E-state index contributed by atoms with van der Waals surface area (Å²) in [6, 6.07) is 13.3. The van der Waals surface area contributed by atoms with Crippen LogP contribution in [0.4, 0.5) is 0 Å². The number of terminal acetylenes is 1. The molecule has 2 aromatic rings. The lowest BCUT2D eigenvalue weighted by Crippen LogP contribution is -2.24. The van der Waals surface area contributed by atoms with Gasteiger partial charge in [-0.3, -0.25) is 4.79 Å². The van der Waals surface area contributed by atoms with Crippen LogP contribution in [0.2, 0.25) is 0 Å². The number of benzene rings is 2. The molecule has 0 fully saturated rings. The molecule has 0 atom stereocenters. The van der Waals surface area contributed by atoms with Crippen LogP contribution in [0.3, 0.4) is 0 Å². The van der Waals surface area contributed by atoms with Gasteiger partial charge < -0.3 is 14.8 Å². The molecule has 130 valence electrons. The van der Waals surface area contributed by atoms with E-state index < -0.39 is 0 Å². The fourth-order valence-electron chi connectivity index (χ4n) is 1.98. The lowest BCUT2D eigenvalue weighted by atomic mass is 10.2. The summed E-state index contributed by atoms with van der Waals surface area (Å²) in [5.74, 6) is 3.89. The van der Waals surface area contributed by atoms with Crippen molar-refractivity contribution in [2.75, 3.05) is 19.5 Å². The van der Waals surface area contributed by atoms with Crippen LogP contribution in [0.15, 0.2) is 51.8 Å². The number of hydrogen-bond donors (Lipinski definition) is 1. The molecular formula is C19H18BrNO3S. The fraction of sp³-hybridized carbons (Fsp3) is 0.211. The molecule has 2 aromatic carbocycles. The summed E-state index contributed by atoms with van der Waals surface area (Å²) in [6.45, 7) is 0.691. The van der Waals surface area contributed by atoms with Crippen molar-refractivity contribution in [2.45, 2.75) is 11.4 Å². The quantitative estimate of drug-likeness (QED) is 0.520. The van der Waals surface area contributed by atoms with Crippen molar-refractivity contribution in [1.82, 2.24) is 5.32 Å². The molecule has 2 rings (SSSR count). The summed E-state index contributed by atoms with van der Waals surface area (Å²) in [5.41, 5.74) is 1.05. The number of ether oxygens (including phenoxy) is 2. The minimum Gasteiger partial charge on any atom is -0.493 e. The molecular weight excluding hydrogens is 402 g/mol. The summed E-state index contributed by atoms with van der Waals surface area (Å²) in [4.78, 5) is 12.9. The SMILES string of the molecule is C#CCOc1ccc(SCC(=O)NCc2ccc(Br)cc2)cc1OC. The Bertz CT molecular complexity index is 756. The Morgan fingerprint density at radius 1 is 1.24 bits per heavy atom. The van der Waals surface area contributed by atoms with Gasteiger partial charge in [-0.25, -0.2) is 0 Å². The van der Waals surface area contributed by atoms with Gasteiger partial charge in [0.15, 0.2) is 11.5 Å². The van der Waals surface area contributed by atoms with Crippen molar-refractivity contribution in [3.05, 3.63) is 52.5 Å². The van der Waals surface area contributed by atoms with Crippen LogP contribution >= 0.6 is 27.7 Å². The molecule has 0 heterocycles. The Morgan fingerprint density at radius 2 is 2.00 bits per heavy atom. The minimum absolute atomic E-state index is 0.0282. The number of carbonyl (C=O) groups is 1. The highest BCUT2D eigenvalue weighted by atomic mass is 79.9. The lowest BCUT2D eigenvalue weighted by molar-refractivity contribution is -0.118. The first-order chi connectivity index (χ1) is 12.1. The Morgan fingerprint density at radius 3 is 2.68 bits per heavy atom. The Hall–Kier alpha value is -2.10. The van der Waals surface area contributed by atoms with E-state index in [2.05, 4.69) is 27.2 Å². The molecule has 0 saturated carbocycles. The molecule has 0 spiro atoms. The first-order valence-electron chi connectivity index (χ1n) is 7.50. The van der Waals surface area contributed by atoms with Crippen LogP contribution < -0.4 is 14.8 Å². The number of thioether (sulfide) groups is 1. The van der Waals surface area contributed by atoms with Crippen molar-refractivity contribution < 1.29 is 14.3 Å². The topological polar surface area (TPSA) is 47.6 Å². The molecule has 1 amide bonds. The average molecular weight is 420 g/mol. The maximum atomic E-state index is 12.0. The lowest BCUT2D eigenvalue weighted by Gasteiger charge is -2.10. The van der Waals surface area contributed by atoms with E-state index in [9.17, 15) is 4.79 Å². The first-order valence-corrected chi connectivity index (χ1v) is 9.28. The predicted molar refractivity (Wildman–Crippen MR) is 104 cm³/mol. The van der Waals surface area contributed by atoms with Gasteiger partial charge in [0.1, 0.15) is 6.61 Å². The number of hydrogen-bond acceptors (Lipinski definition) is 4. The molecule has 4 nitrogen and oxygen atoms in total. The normalized spacial score (nSPS) is 9.96. The standard InChI is InChI=1S/C19H18BrNO3S/c1-3-10-24-17-9-8-16(11-18(17)23-2)25-13-19(22)21-12-14-4-6-15(20)7-5-14/h1,4-9,11H,10,12-13H2,2H3,(H,21,22). The largest absolute Gasteiger partial charge is 0.493 e. The molecule has 0 bridgehead atoms. The van der Waals surface area contributed by atoms with Crippen LogP contribution in [0, 0.1) is 12.3 Å². The van der Waals surface area contributed by atoms with E-state index in [1.165, 1.54) is 11.8 Å². The van der Waals surface area contributed by atoms with E-state index in [1.807, 2.05) is 36.4 Å². The zero-order valence-electron chi connectivity index (χ0n) is 13.8. The van der Waals surface area contributed by atoms with E-state index in [0.717, 1.165) is 14.9 Å². The molecule has 0 aromatic heterocycles. The summed E-state index contributed by atoms with van der Waals surface area (Å²) in [6.07, 6.45) is 5.19. The van der Waals surface area contributed by atoms with Crippen molar-refractivity contribution >= 4 is 33.6 Å². The molecule has 1 N–H and O–H groups in total. The summed E-state index contributed by atoms with van der Waals surface area (Å²) in [7, 11) is 1.57. The molecule has 0 unspecified atom stereocenters. The van der Waals surface area contributed by atoms with Gasteiger partial charge in [-0.05, 0) is 35.9 Å². The second kappa shape index (κ2) is 10.0. The molecule has 0 aliphatic rings. The van der Waals surface area contributed by atoms with Gasteiger partial charge in [0, 0.05) is 15.9 Å². The summed E-state index contributed by atoms with van der Waals surface area (Å²) in [5, 5.41) is 2.90. The maximum absolute atomic E-state index is 12.0. The highest BCUT2D eigenvalue weighted by Crippen LogP contribution is 2.32. The van der Waals surface area contributed by atoms with Gasteiger partial charge >= 0.3 is 0 Å². The number of carbonyl (C=O) groups excluding carboxylic acids is 1. The Kier molecular flexibility index (Phi) is 7.71. The monoisotopic (exact) mass is 419 g/mol. The smallest absolute Gasteiger partial charge is 0.230 e. The van der Waals surface area contributed by atoms with E-state index in [0.29, 0.717) is 23.8 Å². The maximum Gasteiger partial charge on any atom is 0.230 e. The predicted octanol–water partition coefficient (Wildman–Crippen LogP) is 3.88. The van der Waals surface area contributed by atoms with Crippen molar-refractivity contribution in [3.63, 3.8) is 0 Å². The molecule has 6 heteroatoms. The molecule has 25 heavy (non-hydrogen) atoms. The van der Waals surface area contributed by atoms with Gasteiger partial charge in [-0.15, -0.1) is 18.2 Å². The third kappa shape index (κ3) is 6.37. The second-order valence-corrected chi connectivity index (χ2v) is 6.96. The zero-order valence-corrected chi connectivity index (χ0v) is 16.2. The third-order valence-corrected chi connectivity index (χ3v) is 4.74.